The van der Waals surface area contributed by atoms with Gasteiger partial charge in [0.05, 0.1) is 5.76 Å². The van der Waals surface area contributed by atoms with Crippen LogP contribution in [0.15, 0.2) is 30.5 Å². The summed E-state index contributed by atoms with van der Waals surface area (Å²) in [6.45, 7) is 3.28. The molecular weight excluding hydrogens is 156 g/mol. The summed E-state index contributed by atoms with van der Waals surface area (Å²) in [5, 5.41) is 27.1. The number of hydrogen-bond donors (Lipinski definition) is 3. The smallest absolute Gasteiger partial charge is 0.161 e. The van der Waals surface area contributed by atoms with Gasteiger partial charge in [-0.3, -0.25) is 0 Å². The van der Waals surface area contributed by atoms with Crippen LogP contribution in [0.5, 0.6) is 11.5 Å². The van der Waals surface area contributed by atoms with Crippen molar-refractivity contribution in [3.05, 3.63) is 36.1 Å². The minimum Gasteiger partial charge on any atom is -0.513 e. The molecule has 3 heteroatoms. The van der Waals surface area contributed by atoms with Crippen molar-refractivity contribution in [3.63, 3.8) is 0 Å². The van der Waals surface area contributed by atoms with Gasteiger partial charge in [-0.1, -0.05) is 18.7 Å². The number of aliphatic hydroxyl groups excluding tert-OH is 1. The van der Waals surface area contributed by atoms with Crippen LogP contribution in [-0.4, -0.2) is 15.3 Å². The van der Waals surface area contributed by atoms with E-state index in [9.17, 15) is 5.11 Å². The zero-order valence-corrected chi connectivity index (χ0v) is 6.49. The van der Waals surface area contributed by atoms with Crippen LogP contribution in [0.25, 0.3) is 0 Å². The van der Waals surface area contributed by atoms with Crippen LogP contribution in [0.2, 0.25) is 0 Å². The predicted octanol–water partition coefficient (Wildman–Crippen LogP) is 1.71. The molecular formula is C9H10O3. The molecule has 0 radical (unpaired) electrons. The first-order valence-electron chi connectivity index (χ1n) is 3.48. The van der Waals surface area contributed by atoms with Crippen LogP contribution in [-0.2, 0) is 6.42 Å². The Bertz CT molecular complexity index is 305. The zero-order chi connectivity index (χ0) is 9.14. The van der Waals surface area contributed by atoms with E-state index in [0.29, 0.717) is 5.56 Å². The van der Waals surface area contributed by atoms with Crippen LogP contribution in [0.3, 0.4) is 0 Å². The lowest BCUT2D eigenvalue weighted by Crippen LogP contribution is -1.88. The minimum absolute atomic E-state index is 0.0455. The second-order valence-corrected chi connectivity index (χ2v) is 2.53. The topological polar surface area (TPSA) is 60.7 Å². The van der Waals surface area contributed by atoms with Crippen LogP contribution < -0.4 is 0 Å². The van der Waals surface area contributed by atoms with Crippen LogP contribution in [0.4, 0.5) is 0 Å². The van der Waals surface area contributed by atoms with E-state index in [2.05, 4.69) is 6.58 Å². The molecule has 0 fully saturated rings. The molecule has 0 unspecified atom stereocenters. The fraction of sp³-hybridized carbons (Fsp3) is 0.111. The van der Waals surface area contributed by atoms with E-state index in [1.807, 2.05) is 0 Å². The molecule has 0 aliphatic carbocycles. The van der Waals surface area contributed by atoms with Crippen LogP contribution in [0.1, 0.15) is 5.56 Å². The molecule has 1 rings (SSSR count). The highest BCUT2D eigenvalue weighted by atomic mass is 16.3. The van der Waals surface area contributed by atoms with E-state index in [-0.39, 0.29) is 23.7 Å². The standard InChI is InChI=1S/C9H10O3/c1-6(10)5-7-3-2-4-8(11)9(7)12/h2-4,10-12H,1,5H2. The number of phenols is 2. The van der Waals surface area contributed by atoms with E-state index in [1.165, 1.54) is 6.07 Å². The number of phenolic OH excluding ortho intramolecular Hbond substituents is 2. The molecule has 1 aromatic carbocycles. The third-order valence-electron chi connectivity index (χ3n) is 1.49. The molecule has 0 saturated heterocycles. The van der Waals surface area contributed by atoms with E-state index in [1.54, 1.807) is 12.1 Å². The molecule has 0 spiro atoms. The van der Waals surface area contributed by atoms with Crippen molar-refractivity contribution < 1.29 is 15.3 Å². The van der Waals surface area contributed by atoms with E-state index in [0.717, 1.165) is 0 Å². The van der Waals surface area contributed by atoms with Crippen molar-refractivity contribution in [2.24, 2.45) is 0 Å². The Balaban J connectivity index is 3.00. The van der Waals surface area contributed by atoms with Gasteiger partial charge in [0.25, 0.3) is 0 Å². The van der Waals surface area contributed by atoms with E-state index < -0.39 is 0 Å². The Hall–Kier alpha value is -1.64. The van der Waals surface area contributed by atoms with Gasteiger partial charge in [0.2, 0.25) is 0 Å². The van der Waals surface area contributed by atoms with Crippen molar-refractivity contribution in [1.29, 1.82) is 0 Å². The maximum atomic E-state index is 9.24. The van der Waals surface area contributed by atoms with Gasteiger partial charge < -0.3 is 15.3 Å². The normalized spacial score (nSPS) is 9.67. The monoisotopic (exact) mass is 166 g/mol. The van der Waals surface area contributed by atoms with Crippen molar-refractivity contribution in [2.75, 3.05) is 0 Å². The molecule has 12 heavy (non-hydrogen) atoms. The number of rotatable bonds is 2. The highest BCUT2D eigenvalue weighted by Gasteiger charge is 2.05. The molecule has 1 aromatic rings. The largest absolute Gasteiger partial charge is 0.513 e. The lowest BCUT2D eigenvalue weighted by molar-refractivity contribution is 0.384. The number of allylic oxidation sites excluding steroid dienone is 1. The van der Waals surface area contributed by atoms with Crippen LogP contribution >= 0.6 is 0 Å². The Morgan fingerprint density at radius 1 is 1.33 bits per heavy atom. The van der Waals surface area contributed by atoms with Crippen molar-refractivity contribution >= 4 is 0 Å². The second-order valence-electron chi connectivity index (χ2n) is 2.53. The maximum Gasteiger partial charge on any atom is 0.161 e. The molecule has 0 atom stereocenters. The number of benzene rings is 1. The van der Waals surface area contributed by atoms with Gasteiger partial charge in [-0.25, -0.2) is 0 Å². The summed E-state index contributed by atoms with van der Waals surface area (Å²) in [6.07, 6.45) is 0.153. The second kappa shape index (κ2) is 3.17. The third-order valence-corrected chi connectivity index (χ3v) is 1.49. The third kappa shape index (κ3) is 1.69. The van der Waals surface area contributed by atoms with Gasteiger partial charge in [0, 0.05) is 12.0 Å². The minimum atomic E-state index is -0.201. The summed E-state index contributed by atoms with van der Waals surface area (Å²) in [7, 11) is 0. The molecule has 0 amide bonds. The Morgan fingerprint density at radius 2 is 2.00 bits per heavy atom. The van der Waals surface area contributed by atoms with Gasteiger partial charge in [-0.15, -0.1) is 0 Å². The Morgan fingerprint density at radius 3 is 2.58 bits per heavy atom. The van der Waals surface area contributed by atoms with Gasteiger partial charge >= 0.3 is 0 Å². The molecule has 3 nitrogen and oxygen atoms in total. The van der Waals surface area contributed by atoms with Crippen molar-refractivity contribution in [1.82, 2.24) is 0 Å². The number of para-hydroxylation sites is 1. The molecule has 3 N–H and O–H groups in total. The summed E-state index contributed by atoms with van der Waals surface area (Å²) >= 11 is 0. The Kier molecular flexibility index (Phi) is 2.24. The molecule has 0 bridgehead atoms. The summed E-state index contributed by atoms with van der Waals surface area (Å²) in [6, 6.07) is 4.57. The maximum absolute atomic E-state index is 9.24. The zero-order valence-electron chi connectivity index (χ0n) is 6.49. The van der Waals surface area contributed by atoms with Gasteiger partial charge in [-0.05, 0) is 6.07 Å². The van der Waals surface area contributed by atoms with Crippen LogP contribution in [0, 0.1) is 0 Å². The number of aromatic hydroxyl groups is 2. The molecule has 0 aromatic heterocycles. The van der Waals surface area contributed by atoms with E-state index >= 15 is 0 Å². The molecule has 64 valence electrons. The lowest BCUT2D eigenvalue weighted by Gasteiger charge is -2.03. The summed E-state index contributed by atoms with van der Waals surface area (Å²) in [4.78, 5) is 0. The average Bonchev–Trinajstić information content (AvgIpc) is 1.98. The summed E-state index contributed by atoms with van der Waals surface area (Å²) < 4.78 is 0. The SMILES string of the molecule is C=C(O)Cc1cccc(O)c1O. The molecule has 0 aliphatic heterocycles. The highest BCUT2D eigenvalue weighted by Crippen LogP contribution is 2.29. The van der Waals surface area contributed by atoms with Gasteiger partial charge in [0.15, 0.2) is 11.5 Å². The fourth-order valence-electron chi connectivity index (χ4n) is 0.940. The average molecular weight is 166 g/mol. The molecule has 0 heterocycles. The summed E-state index contributed by atoms with van der Waals surface area (Å²) in [5.74, 6) is -0.433. The first-order chi connectivity index (χ1) is 5.61. The predicted molar refractivity (Wildman–Crippen MR) is 45.2 cm³/mol. The first kappa shape index (κ1) is 8.46. The van der Waals surface area contributed by atoms with E-state index in [4.69, 9.17) is 10.2 Å². The highest BCUT2D eigenvalue weighted by molar-refractivity contribution is 5.45. The first-order valence-corrected chi connectivity index (χ1v) is 3.48. The Labute approximate surface area is 70.2 Å². The molecule has 0 saturated carbocycles. The number of aliphatic hydroxyl groups is 1. The van der Waals surface area contributed by atoms with Gasteiger partial charge in [-0.2, -0.15) is 0 Å². The van der Waals surface area contributed by atoms with Crippen molar-refractivity contribution in [2.45, 2.75) is 6.42 Å². The van der Waals surface area contributed by atoms with Gasteiger partial charge in [0.1, 0.15) is 0 Å². The van der Waals surface area contributed by atoms with Crippen molar-refractivity contribution in [3.8, 4) is 11.5 Å². The lowest BCUT2D eigenvalue weighted by atomic mass is 10.1. The summed E-state index contributed by atoms with van der Waals surface area (Å²) in [5.41, 5.74) is 0.461. The quantitative estimate of drug-likeness (QED) is 0.463. The number of hydrogen-bond acceptors (Lipinski definition) is 3. The fourth-order valence-corrected chi connectivity index (χ4v) is 0.940. The molecule has 0 aliphatic rings.